The molecule has 0 atom stereocenters. The molecule has 0 spiro atoms. The second kappa shape index (κ2) is 5.81. The number of imidazole rings is 1. The number of nitrogens with zero attached hydrogens (tertiary/aromatic N) is 3. The lowest BCUT2D eigenvalue weighted by Crippen LogP contribution is -2.14. The van der Waals surface area contributed by atoms with Crippen molar-refractivity contribution in [3.05, 3.63) is 47.3 Å². The quantitative estimate of drug-likeness (QED) is 0.651. The molecule has 1 aromatic heterocycles. The SMILES string of the molecule is Cc1cn(N=Cc2ccc(C#CC(C)(C)O)cc2)c(N)n1. The van der Waals surface area contributed by atoms with Crippen molar-refractivity contribution in [1.82, 2.24) is 9.66 Å². The molecule has 1 aromatic carbocycles. The van der Waals surface area contributed by atoms with Gasteiger partial charge in [-0.15, -0.1) is 0 Å². The first-order valence-electron chi connectivity index (χ1n) is 6.55. The molecule has 0 aliphatic carbocycles. The second-order valence-corrected chi connectivity index (χ2v) is 5.26. The monoisotopic (exact) mass is 282 g/mol. The number of aliphatic hydroxyl groups is 1. The third kappa shape index (κ3) is 4.48. The highest BCUT2D eigenvalue weighted by atomic mass is 16.3. The molecule has 0 fully saturated rings. The van der Waals surface area contributed by atoms with Gasteiger partial charge >= 0.3 is 0 Å². The average Bonchev–Trinajstić information content (AvgIpc) is 2.73. The molecular weight excluding hydrogens is 264 g/mol. The predicted octanol–water partition coefficient (Wildman–Crippen LogP) is 1.78. The molecule has 0 saturated carbocycles. The summed E-state index contributed by atoms with van der Waals surface area (Å²) in [4.78, 5) is 4.07. The van der Waals surface area contributed by atoms with Crippen LogP contribution in [-0.2, 0) is 0 Å². The molecule has 0 aliphatic heterocycles. The van der Waals surface area contributed by atoms with Crippen LogP contribution in [0.1, 0.15) is 30.7 Å². The van der Waals surface area contributed by atoms with Crippen molar-refractivity contribution < 1.29 is 5.11 Å². The Morgan fingerprint density at radius 2 is 2.00 bits per heavy atom. The number of hydrogen-bond acceptors (Lipinski definition) is 4. The third-order valence-electron chi connectivity index (χ3n) is 2.59. The predicted molar refractivity (Wildman–Crippen MR) is 84.0 cm³/mol. The van der Waals surface area contributed by atoms with Gasteiger partial charge in [-0.3, -0.25) is 0 Å². The van der Waals surface area contributed by atoms with Gasteiger partial charge in [-0.05, 0) is 38.5 Å². The van der Waals surface area contributed by atoms with Crippen LogP contribution >= 0.6 is 0 Å². The van der Waals surface area contributed by atoms with Crippen LogP contribution in [0.3, 0.4) is 0 Å². The van der Waals surface area contributed by atoms with Crippen LogP contribution in [0, 0.1) is 18.8 Å². The Labute approximate surface area is 124 Å². The lowest BCUT2D eigenvalue weighted by Gasteiger charge is -2.05. The van der Waals surface area contributed by atoms with E-state index in [0.29, 0.717) is 5.95 Å². The average molecular weight is 282 g/mol. The van der Waals surface area contributed by atoms with Crippen molar-refractivity contribution in [2.45, 2.75) is 26.4 Å². The van der Waals surface area contributed by atoms with E-state index in [1.165, 1.54) is 4.68 Å². The molecule has 0 radical (unpaired) electrons. The van der Waals surface area contributed by atoms with Crippen LogP contribution in [0.2, 0.25) is 0 Å². The maximum absolute atomic E-state index is 9.56. The fourth-order valence-corrected chi connectivity index (χ4v) is 1.60. The van der Waals surface area contributed by atoms with Crippen molar-refractivity contribution in [2.75, 3.05) is 5.73 Å². The normalized spacial score (nSPS) is 11.4. The summed E-state index contributed by atoms with van der Waals surface area (Å²) < 4.78 is 1.53. The van der Waals surface area contributed by atoms with Crippen LogP contribution in [-0.4, -0.2) is 26.6 Å². The van der Waals surface area contributed by atoms with E-state index in [-0.39, 0.29) is 0 Å². The largest absolute Gasteiger partial charge is 0.378 e. The van der Waals surface area contributed by atoms with Gasteiger partial charge in [-0.1, -0.05) is 24.0 Å². The summed E-state index contributed by atoms with van der Waals surface area (Å²) >= 11 is 0. The Bertz CT molecular complexity index is 709. The van der Waals surface area contributed by atoms with E-state index < -0.39 is 5.60 Å². The number of nitrogen functional groups attached to an aromatic ring is 1. The van der Waals surface area contributed by atoms with E-state index in [4.69, 9.17) is 5.73 Å². The smallest absolute Gasteiger partial charge is 0.221 e. The van der Waals surface area contributed by atoms with Crippen LogP contribution in [0.4, 0.5) is 5.95 Å². The molecule has 0 saturated heterocycles. The minimum atomic E-state index is -0.989. The lowest BCUT2D eigenvalue weighted by molar-refractivity contribution is 0.143. The number of benzene rings is 1. The minimum absolute atomic E-state index is 0.358. The number of hydrogen-bond donors (Lipinski definition) is 2. The number of nitrogens with two attached hydrogens (primary N) is 1. The van der Waals surface area contributed by atoms with Gasteiger partial charge in [-0.25, -0.2) is 9.66 Å². The van der Waals surface area contributed by atoms with Crippen LogP contribution in [0.25, 0.3) is 0 Å². The minimum Gasteiger partial charge on any atom is -0.378 e. The van der Waals surface area contributed by atoms with Gasteiger partial charge in [-0.2, -0.15) is 5.10 Å². The first-order chi connectivity index (χ1) is 9.83. The standard InChI is InChI=1S/C16H18N4O/c1-12-11-20(15(17)19-12)18-10-14-6-4-13(5-7-14)8-9-16(2,3)21/h4-7,10-11,21H,1-3H3,(H2,17,19). The van der Waals surface area contributed by atoms with Crippen molar-refractivity contribution in [3.63, 3.8) is 0 Å². The topological polar surface area (TPSA) is 76.4 Å². The maximum Gasteiger partial charge on any atom is 0.221 e. The Kier molecular flexibility index (Phi) is 4.10. The molecule has 108 valence electrons. The molecule has 2 rings (SSSR count). The Balaban J connectivity index is 2.12. The van der Waals surface area contributed by atoms with Gasteiger partial charge in [0.05, 0.1) is 18.1 Å². The highest BCUT2D eigenvalue weighted by molar-refractivity contribution is 5.79. The van der Waals surface area contributed by atoms with Crippen LogP contribution in [0.5, 0.6) is 0 Å². The van der Waals surface area contributed by atoms with E-state index in [0.717, 1.165) is 16.8 Å². The number of anilines is 1. The van der Waals surface area contributed by atoms with Crippen molar-refractivity contribution in [1.29, 1.82) is 0 Å². The molecule has 1 heterocycles. The van der Waals surface area contributed by atoms with E-state index in [1.54, 1.807) is 26.3 Å². The van der Waals surface area contributed by atoms with E-state index in [2.05, 4.69) is 21.9 Å². The van der Waals surface area contributed by atoms with Gasteiger partial charge < -0.3 is 10.8 Å². The first-order valence-corrected chi connectivity index (χ1v) is 6.55. The molecular formula is C16H18N4O. The van der Waals surface area contributed by atoms with Gasteiger partial charge in [0.1, 0.15) is 5.60 Å². The van der Waals surface area contributed by atoms with Crippen molar-refractivity contribution in [3.8, 4) is 11.8 Å². The van der Waals surface area contributed by atoms with Gasteiger partial charge in [0.15, 0.2) is 0 Å². The summed E-state index contributed by atoms with van der Waals surface area (Å²) in [5.74, 6) is 6.04. The summed E-state index contributed by atoms with van der Waals surface area (Å²) in [7, 11) is 0. The van der Waals surface area contributed by atoms with E-state index in [9.17, 15) is 5.11 Å². The Morgan fingerprint density at radius 1 is 1.33 bits per heavy atom. The Hall–Kier alpha value is -2.58. The van der Waals surface area contributed by atoms with Crippen LogP contribution < -0.4 is 5.73 Å². The van der Waals surface area contributed by atoms with Crippen LogP contribution in [0.15, 0.2) is 35.6 Å². The fourth-order valence-electron chi connectivity index (χ4n) is 1.60. The summed E-state index contributed by atoms with van der Waals surface area (Å²) in [5, 5.41) is 13.8. The molecule has 2 aromatic rings. The zero-order valence-electron chi connectivity index (χ0n) is 12.3. The summed E-state index contributed by atoms with van der Waals surface area (Å²) in [6.07, 6.45) is 3.46. The van der Waals surface area contributed by atoms with Gasteiger partial charge in [0, 0.05) is 5.56 Å². The maximum atomic E-state index is 9.56. The summed E-state index contributed by atoms with van der Waals surface area (Å²) in [6, 6.07) is 7.56. The van der Waals surface area contributed by atoms with E-state index in [1.807, 2.05) is 31.2 Å². The number of aryl methyl sites for hydroxylation is 1. The van der Waals surface area contributed by atoms with Crippen molar-refractivity contribution in [2.24, 2.45) is 5.10 Å². The molecule has 0 aliphatic rings. The molecule has 3 N–H and O–H groups in total. The molecule has 5 heteroatoms. The number of rotatable bonds is 2. The lowest BCUT2D eigenvalue weighted by atomic mass is 10.1. The molecule has 0 amide bonds. The second-order valence-electron chi connectivity index (χ2n) is 5.26. The number of aromatic nitrogens is 2. The van der Waals surface area contributed by atoms with Gasteiger partial charge in [0.25, 0.3) is 0 Å². The zero-order valence-corrected chi connectivity index (χ0v) is 12.3. The van der Waals surface area contributed by atoms with Crippen molar-refractivity contribution >= 4 is 12.2 Å². The Morgan fingerprint density at radius 3 is 2.52 bits per heavy atom. The highest BCUT2D eigenvalue weighted by Crippen LogP contribution is 2.06. The fraction of sp³-hybridized carbons (Fsp3) is 0.250. The van der Waals surface area contributed by atoms with E-state index >= 15 is 0 Å². The highest BCUT2D eigenvalue weighted by Gasteiger charge is 2.05. The third-order valence-corrected chi connectivity index (χ3v) is 2.59. The first kappa shape index (κ1) is 14.8. The van der Waals surface area contributed by atoms with Gasteiger partial charge in [0.2, 0.25) is 5.95 Å². The molecule has 5 nitrogen and oxygen atoms in total. The molecule has 0 unspecified atom stereocenters. The summed E-state index contributed by atoms with van der Waals surface area (Å²) in [5.41, 5.74) is 7.30. The molecule has 0 bridgehead atoms. The zero-order chi connectivity index (χ0) is 15.5. The summed E-state index contributed by atoms with van der Waals surface area (Å²) in [6.45, 7) is 5.16. The molecule has 21 heavy (non-hydrogen) atoms.